The van der Waals surface area contributed by atoms with Gasteiger partial charge in [0.1, 0.15) is 0 Å². The number of hydrogen-bond acceptors (Lipinski definition) is 2. The van der Waals surface area contributed by atoms with Gasteiger partial charge in [-0.2, -0.15) is 0 Å². The van der Waals surface area contributed by atoms with Gasteiger partial charge in [0.05, 0.1) is 6.61 Å². The first-order valence-electron chi connectivity index (χ1n) is 2.63. The second kappa shape index (κ2) is 4.97. The van der Waals surface area contributed by atoms with E-state index in [4.69, 9.17) is 0 Å². The fraction of sp³-hybridized carbons (Fsp3) is 0.800. The number of ether oxygens (including phenoxy) is 1. The molecular weight excluding hydrogens is 124 g/mol. The summed E-state index contributed by atoms with van der Waals surface area (Å²) in [5, 5.41) is -0.488. The van der Waals surface area contributed by atoms with Crippen LogP contribution in [-0.4, -0.2) is 11.9 Å². The minimum Gasteiger partial charge on any atom is -0.458 e. The van der Waals surface area contributed by atoms with Gasteiger partial charge in [0, 0.05) is 0 Å². The molecular formula is C5H10O2S. The Balaban J connectivity index is 2.82. The molecule has 0 spiro atoms. The van der Waals surface area contributed by atoms with Gasteiger partial charge in [-0.15, -0.1) is 0 Å². The average molecular weight is 134 g/mol. The molecule has 0 atom stereocenters. The summed E-state index contributed by atoms with van der Waals surface area (Å²) in [7, 11) is 0. The summed E-state index contributed by atoms with van der Waals surface area (Å²) >= 11 is 3.41. The van der Waals surface area contributed by atoms with Gasteiger partial charge in [0.2, 0.25) is 0 Å². The molecule has 0 fully saturated rings. The Hall–Kier alpha value is -0.180. The van der Waals surface area contributed by atoms with E-state index in [-0.39, 0.29) is 0 Å². The van der Waals surface area contributed by atoms with Gasteiger partial charge in [-0.05, 0) is 6.42 Å². The Kier molecular flexibility index (Phi) is 4.85. The van der Waals surface area contributed by atoms with Crippen LogP contribution in [0, 0.1) is 0 Å². The minimum absolute atomic E-state index is 0.488. The Bertz CT molecular complexity index is 72.8. The van der Waals surface area contributed by atoms with Crippen LogP contribution >= 0.6 is 12.6 Å². The van der Waals surface area contributed by atoms with Gasteiger partial charge in [0.15, 0.2) is 0 Å². The molecule has 0 aliphatic heterocycles. The van der Waals surface area contributed by atoms with Crippen LogP contribution in [0.3, 0.4) is 0 Å². The maximum atomic E-state index is 9.96. The van der Waals surface area contributed by atoms with Crippen molar-refractivity contribution in [3.63, 3.8) is 0 Å². The van der Waals surface area contributed by atoms with Gasteiger partial charge in [0.25, 0.3) is 0 Å². The number of thiol groups is 1. The van der Waals surface area contributed by atoms with E-state index in [1.54, 1.807) is 0 Å². The van der Waals surface area contributed by atoms with Crippen molar-refractivity contribution in [1.29, 1.82) is 0 Å². The number of hydrogen-bond donors (Lipinski definition) is 1. The van der Waals surface area contributed by atoms with Gasteiger partial charge in [-0.25, -0.2) is 4.79 Å². The number of carbonyl (C=O) groups excluding carboxylic acids is 1. The molecule has 0 aliphatic rings. The lowest BCUT2D eigenvalue weighted by molar-refractivity contribution is 0.174. The summed E-state index contributed by atoms with van der Waals surface area (Å²) in [4.78, 5) is 9.96. The van der Waals surface area contributed by atoms with Crippen LogP contribution in [0.4, 0.5) is 4.79 Å². The fourth-order valence-electron chi connectivity index (χ4n) is 0.304. The first-order valence-corrected chi connectivity index (χ1v) is 3.07. The molecule has 8 heavy (non-hydrogen) atoms. The quantitative estimate of drug-likeness (QED) is 0.362. The molecule has 2 nitrogen and oxygen atoms in total. The first-order chi connectivity index (χ1) is 3.77. The molecule has 0 amide bonds. The zero-order valence-corrected chi connectivity index (χ0v) is 5.78. The van der Waals surface area contributed by atoms with Gasteiger partial charge >= 0.3 is 5.30 Å². The van der Waals surface area contributed by atoms with E-state index >= 15 is 0 Å². The molecule has 0 aliphatic carbocycles. The van der Waals surface area contributed by atoms with E-state index in [0.717, 1.165) is 12.8 Å². The molecule has 48 valence electrons. The third-order valence-corrected chi connectivity index (χ3v) is 0.853. The highest BCUT2D eigenvalue weighted by Gasteiger charge is 1.89. The molecule has 0 rings (SSSR count). The second-order valence-corrected chi connectivity index (χ2v) is 1.83. The second-order valence-electron chi connectivity index (χ2n) is 1.47. The molecule has 3 heteroatoms. The van der Waals surface area contributed by atoms with Gasteiger partial charge in [-0.1, -0.05) is 26.0 Å². The Morgan fingerprint density at radius 3 is 2.75 bits per heavy atom. The Morgan fingerprint density at radius 2 is 2.38 bits per heavy atom. The molecule has 0 aromatic heterocycles. The fourth-order valence-corrected chi connectivity index (χ4v) is 0.395. The zero-order valence-electron chi connectivity index (χ0n) is 4.89. The topological polar surface area (TPSA) is 26.3 Å². The summed E-state index contributed by atoms with van der Waals surface area (Å²) in [6.07, 6.45) is 1.97. The van der Waals surface area contributed by atoms with Gasteiger partial charge < -0.3 is 4.74 Å². The smallest absolute Gasteiger partial charge is 0.364 e. The van der Waals surface area contributed by atoms with Crippen molar-refractivity contribution in [2.24, 2.45) is 0 Å². The van der Waals surface area contributed by atoms with Crippen LogP contribution in [0.25, 0.3) is 0 Å². The van der Waals surface area contributed by atoms with Crippen molar-refractivity contribution in [3.8, 4) is 0 Å². The molecule has 0 N–H and O–H groups in total. The van der Waals surface area contributed by atoms with Crippen molar-refractivity contribution in [1.82, 2.24) is 0 Å². The van der Waals surface area contributed by atoms with E-state index in [2.05, 4.69) is 17.4 Å². The SMILES string of the molecule is CCCCOC(=O)S. The van der Waals surface area contributed by atoms with Gasteiger partial charge in [-0.3, -0.25) is 0 Å². The molecule has 0 aromatic rings. The van der Waals surface area contributed by atoms with Crippen LogP contribution in [0.5, 0.6) is 0 Å². The van der Waals surface area contributed by atoms with Crippen molar-refractivity contribution in [2.75, 3.05) is 6.61 Å². The van der Waals surface area contributed by atoms with E-state index in [1.165, 1.54) is 0 Å². The first kappa shape index (κ1) is 7.82. The largest absolute Gasteiger partial charge is 0.458 e. The highest BCUT2D eigenvalue weighted by molar-refractivity contribution is 7.96. The minimum atomic E-state index is -0.488. The monoisotopic (exact) mass is 134 g/mol. The van der Waals surface area contributed by atoms with Crippen molar-refractivity contribution in [2.45, 2.75) is 19.8 Å². The highest BCUT2D eigenvalue weighted by atomic mass is 32.1. The molecule has 0 heterocycles. The van der Waals surface area contributed by atoms with Crippen molar-refractivity contribution in [3.05, 3.63) is 0 Å². The average Bonchev–Trinajstić information content (AvgIpc) is 1.66. The van der Waals surface area contributed by atoms with E-state index in [1.807, 2.05) is 6.92 Å². The highest BCUT2D eigenvalue weighted by Crippen LogP contribution is 1.90. The van der Waals surface area contributed by atoms with Crippen LogP contribution in [0.2, 0.25) is 0 Å². The number of rotatable bonds is 3. The molecule has 0 bridgehead atoms. The zero-order chi connectivity index (χ0) is 6.41. The predicted octanol–water partition coefficient (Wildman–Crippen LogP) is 1.85. The number of unbranched alkanes of at least 4 members (excludes halogenated alkanes) is 1. The summed E-state index contributed by atoms with van der Waals surface area (Å²) in [5.41, 5.74) is 0. The maximum absolute atomic E-state index is 9.96. The standard InChI is InChI=1S/C5H10O2S/c1-2-3-4-7-5(6)8/h2-4H2,1H3,(H,6,8). The molecule has 0 unspecified atom stereocenters. The van der Waals surface area contributed by atoms with Crippen molar-refractivity contribution >= 4 is 17.9 Å². The lowest BCUT2D eigenvalue weighted by Gasteiger charge is -1.95. The summed E-state index contributed by atoms with van der Waals surface area (Å²) in [5.74, 6) is 0. The summed E-state index contributed by atoms with van der Waals surface area (Å²) in [6, 6.07) is 0. The van der Waals surface area contributed by atoms with Crippen LogP contribution in [0.1, 0.15) is 19.8 Å². The molecule has 0 radical (unpaired) electrons. The van der Waals surface area contributed by atoms with Crippen molar-refractivity contribution < 1.29 is 9.53 Å². The molecule has 0 saturated carbocycles. The van der Waals surface area contributed by atoms with Crippen LogP contribution in [0.15, 0.2) is 0 Å². The summed E-state index contributed by atoms with van der Waals surface area (Å²) in [6.45, 7) is 2.53. The van der Waals surface area contributed by atoms with Crippen LogP contribution in [-0.2, 0) is 4.74 Å². The third kappa shape index (κ3) is 5.82. The Labute approximate surface area is 54.6 Å². The number of carbonyl (C=O) groups is 1. The lowest BCUT2D eigenvalue weighted by atomic mass is 10.4. The normalized spacial score (nSPS) is 8.75. The van der Waals surface area contributed by atoms with E-state index in [0.29, 0.717) is 6.61 Å². The predicted molar refractivity (Wildman–Crippen MR) is 35.2 cm³/mol. The maximum Gasteiger partial charge on any atom is 0.364 e. The summed E-state index contributed by atoms with van der Waals surface area (Å²) < 4.78 is 4.51. The Morgan fingerprint density at radius 1 is 1.75 bits per heavy atom. The lowest BCUT2D eigenvalue weighted by Crippen LogP contribution is -1.94. The van der Waals surface area contributed by atoms with Crippen LogP contribution < -0.4 is 0 Å². The molecule has 0 saturated heterocycles. The van der Waals surface area contributed by atoms with E-state index in [9.17, 15) is 4.79 Å². The third-order valence-electron chi connectivity index (χ3n) is 0.723. The molecule has 0 aromatic carbocycles. The van der Waals surface area contributed by atoms with E-state index < -0.39 is 5.30 Å².